The molecule has 4 heteroatoms. The van der Waals surface area contributed by atoms with Crippen molar-refractivity contribution in [1.82, 2.24) is 0 Å². The molecule has 0 amide bonds. The number of rotatable bonds is 6. The fourth-order valence-electron chi connectivity index (χ4n) is 1.91. The number of hydrogen-bond acceptors (Lipinski definition) is 2. The number of hydrogen-bond donors (Lipinski definition) is 1. The molecule has 0 aromatic carbocycles. The first kappa shape index (κ1) is 15.6. The highest BCUT2D eigenvalue weighted by Crippen LogP contribution is 2.31. The predicted molar refractivity (Wildman–Crippen MR) is 69.2 cm³/mol. The van der Waals surface area contributed by atoms with E-state index in [1.807, 2.05) is 6.92 Å². The minimum atomic E-state index is -1.21. The van der Waals surface area contributed by atoms with E-state index < -0.39 is 15.0 Å². The van der Waals surface area contributed by atoms with E-state index in [0.29, 0.717) is 6.42 Å². The smallest absolute Gasteiger partial charge is 0.309 e. The maximum Gasteiger partial charge on any atom is 0.309 e. The fourth-order valence-corrected chi connectivity index (χ4v) is 3.10. The lowest BCUT2D eigenvalue weighted by Gasteiger charge is -2.36. The van der Waals surface area contributed by atoms with Gasteiger partial charge in [-0.05, 0) is 24.9 Å². The summed E-state index contributed by atoms with van der Waals surface area (Å²) in [4.78, 5) is 11.3. The molecular weight excluding hydrogens is 220 g/mol. The van der Waals surface area contributed by atoms with Crippen LogP contribution in [0.15, 0.2) is 0 Å². The number of aliphatic carboxylic acids is 1. The lowest BCUT2D eigenvalue weighted by Crippen LogP contribution is -2.42. The minimum Gasteiger partial charge on any atom is -0.481 e. The van der Waals surface area contributed by atoms with E-state index in [0.717, 1.165) is 6.42 Å². The van der Waals surface area contributed by atoms with Crippen LogP contribution in [0, 0.1) is 11.3 Å². The van der Waals surface area contributed by atoms with E-state index in [2.05, 4.69) is 33.9 Å². The Morgan fingerprint density at radius 2 is 1.88 bits per heavy atom. The van der Waals surface area contributed by atoms with Crippen LogP contribution >= 0.6 is 0 Å². The Morgan fingerprint density at radius 3 is 2.12 bits per heavy atom. The molecule has 0 aliphatic rings. The van der Waals surface area contributed by atoms with Crippen LogP contribution in [0.4, 0.5) is 0 Å². The van der Waals surface area contributed by atoms with E-state index in [4.69, 9.17) is 4.43 Å². The van der Waals surface area contributed by atoms with Gasteiger partial charge in [0.15, 0.2) is 9.04 Å². The van der Waals surface area contributed by atoms with Gasteiger partial charge >= 0.3 is 5.97 Å². The van der Waals surface area contributed by atoms with Gasteiger partial charge in [-0.1, -0.05) is 34.1 Å². The second-order valence-electron chi connectivity index (χ2n) is 5.70. The summed E-state index contributed by atoms with van der Waals surface area (Å²) in [5.74, 6) is -1.10. The summed E-state index contributed by atoms with van der Waals surface area (Å²) in [6.45, 7) is 12.4. The number of carbonyl (C=O) groups is 1. The summed E-state index contributed by atoms with van der Waals surface area (Å²) in [6, 6.07) is 0. The molecule has 2 atom stereocenters. The lowest BCUT2D eigenvalue weighted by molar-refractivity contribution is -0.148. The zero-order valence-corrected chi connectivity index (χ0v) is 12.6. The molecule has 0 aromatic heterocycles. The quantitative estimate of drug-likeness (QED) is 0.733. The second-order valence-corrected chi connectivity index (χ2v) is 8.07. The Balaban J connectivity index is 4.89. The number of carboxylic acid groups (broad SMARTS) is 1. The number of carboxylic acids is 1. The van der Waals surface area contributed by atoms with Crippen molar-refractivity contribution in [2.24, 2.45) is 11.3 Å². The van der Waals surface area contributed by atoms with Gasteiger partial charge in [-0.25, -0.2) is 0 Å². The van der Waals surface area contributed by atoms with Crippen molar-refractivity contribution in [1.29, 1.82) is 0 Å². The van der Waals surface area contributed by atoms with Crippen LogP contribution in [0.5, 0.6) is 0 Å². The summed E-state index contributed by atoms with van der Waals surface area (Å²) >= 11 is 0. The molecule has 0 rings (SSSR count). The highest BCUT2D eigenvalue weighted by molar-refractivity contribution is 6.48. The molecule has 1 N–H and O–H groups in total. The first-order valence-electron chi connectivity index (χ1n) is 6.08. The molecule has 16 heavy (non-hydrogen) atoms. The van der Waals surface area contributed by atoms with E-state index in [-0.39, 0.29) is 17.4 Å². The second kappa shape index (κ2) is 6.40. The van der Waals surface area contributed by atoms with Crippen LogP contribution in [0.1, 0.15) is 40.5 Å². The fraction of sp³-hybridized carbons (Fsp3) is 0.917. The third-order valence-corrected chi connectivity index (χ3v) is 3.39. The average molecular weight is 246 g/mol. The molecule has 0 fully saturated rings. The molecule has 0 aliphatic carbocycles. The molecule has 0 saturated heterocycles. The molecule has 0 heterocycles. The summed E-state index contributed by atoms with van der Waals surface area (Å²) in [5.41, 5.74) is -0.116. The molecule has 2 unspecified atom stereocenters. The molecular formula is C12H26O3Si. The van der Waals surface area contributed by atoms with Gasteiger partial charge in [0.1, 0.15) is 0 Å². The lowest BCUT2D eigenvalue weighted by atomic mass is 9.79. The molecule has 96 valence electrons. The third kappa shape index (κ3) is 5.12. The van der Waals surface area contributed by atoms with E-state index in [1.165, 1.54) is 0 Å². The van der Waals surface area contributed by atoms with Gasteiger partial charge in [0.05, 0.1) is 12.0 Å². The molecule has 0 saturated carbocycles. The van der Waals surface area contributed by atoms with Crippen molar-refractivity contribution in [2.45, 2.75) is 59.7 Å². The summed E-state index contributed by atoms with van der Waals surface area (Å²) in [6.07, 6.45) is 1.40. The zero-order chi connectivity index (χ0) is 12.9. The Labute approximate surface area is 101 Å². The SMILES string of the molecule is CCCC(C(=O)O)C(O[SiH](C)C)C(C)(C)C. The van der Waals surface area contributed by atoms with Crippen LogP contribution < -0.4 is 0 Å². The molecule has 0 bridgehead atoms. The van der Waals surface area contributed by atoms with Gasteiger partial charge in [0, 0.05) is 0 Å². The van der Waals surface area contributed by atoms with Gasteiger partial charge in [-0.15, -0.1) is 0 Å². The van der Waals surface area contributed by atoms with Crippen LogP contribution in [0.2, 0.25) is 13.1 Å². The molecule has 0 aromatic rings. The van der Waals surface area contributed by atoms with Gasteiger partial charge in [0.2, 0.25) is 0 Å². The highest BCUT2D eigenvalue weighted by atomic mass is 28.3. The van der Waals surface area contributed by atoms with Crippen molar-refractivity contribution in [3.8, 4) is 0 Å². The summed E-state index contributed by atoms with van der Waals surface area (Å²) in [5, 5.41) is 9.29. The van der Waals surface area contributed by atoms with E-state index in [9.17, 15) is 9.90 Å². The van der Waals surface area contributed by atoms with E-state index in [1.54, 1.807) is 0 Å². The summed E-state index contributed by atoms with van der Waals surface area (Å²) in [7, 11) is -1.21. The average Bonchev–Trinajstić information content (AvgIpc) is 2.08. The van der Waals surface area contributed by atoms with E-state index >= 15 is 0 Å². The molecule has 0 aliphatic heterocycles. The van der Waals surface area contributed by atoms with Crippen molar-refractivity contribution in [3.63, 3.8) is 0 Å². The Kier molecular flexibility index (Phi) is 6.26. The van der Waals surface area contributed by atoms with Crippen LogP contribution in [-0.2, 0) is 9.22 Å². The Hall–Kier alpha value is -0.353. The predicted octanol–water partition coefficient (Wildman–Crippen LogP) is 2.90. The van der Waals surface area contributed by atoms with Crippen molar-refractivity contribution < 1.29 is 14.3 Å². The normalized spacial score (nSPS) is 16.2. The largest absolute Gasteiger partial charge is 0.481 e. The van der Waals surface area contributed by atoms with Crippen LogP contribution in [0.25, 0.3) is 0 Å². The van der Waals surface area contributed by atoms with Crippen LogP contribution in [-0.4, -0.2) is 26.2 Å². The van der Waals surface area contributed by atoms with Gasteiger partial charge in [-0.3, -0.25) is 4.79 Å². The van der Waals surface area contributed by atoms with Gasteiger partial charge in [0.25, 0.3) is 0 Å². The molecule has 3 nitrogen and oxygen atoms in total. The monoisotopic (exact) mass is 246 g/mol. The Bertz CT molecular complexity index is 221. The topological polar surface area (TPSA) is 46.5 Å². The van der Waals surface area contributed by atoms with Gasteiger partial charge < -0.3 is 9.53 Å². The molecule has 0 radical (unpaired) electrons. The maximum absolute atomic E-state index is 11.3. The maximum atomic E-state index is 11.3. The van der Waals surface area contributed by atoms with Crippen molar-refractivity contribution >= 4 is 15.0 Å². The molecule has 0 spiro atoms. The van der Waals surface area contributed by atoms with Crippen molar-refractivity contribution in [2.75, 3.05) is 0 Å². The Morgan fingerprint density at radius 1 is 1.38 bits per heavy atom. The third-order valence-electron chi connectivity index (χ3n) is 2.55. The first-order chi connectivity index (χ1) is 7.20. The first-order valence-corrected chi connectivity index (χ1v) is 8.86. The highest BCUT2D eigenvalue weighted by Gasteiger charge is 2.37. The standard InChI is InChI=1S/C12H26O3Si/c1-7-8-9(11(13)14)10(12(2,3)4)15-16(5)6/h9-10,16H,7-8H2,1-6H3,(H,13,14). The minimum absolute atomic E-state index is 0.116. The van der Waals surface area contributed by atoms with Crippen LogP contribution in [0.3, 0.4) is 0 Å². The zero-order valence-electron chi connectivity index (χ0n) is 11.4. The van der Waals surface area contributed by atoms with Crippen molar-refractivity contribution in [3.05, 3.63) is 0 Å². The summed E-state index contributed by atoms with van der Waals surface area (Å²) < 4.78 is 5.95. The van der Waals surface area contributed by atoms with Gasteiger partial charge in [-0.2, -0.15) is 0 Å².